The van der Waals surface area contributed by atoms with E-state index in [4.69, 9.17) is 5.73 Å². The van der Waals surface area contributed by atoms with E-state index < -0.39 is 0 Å². The maximum Gasteiger partial charge on any atom is 0.224 e. The number of nitriles is 1. The van der Waals surface area contributed by atoms with E-state index in [1.165, 1.54) is 32.1 Å². The van der Waals surface area contributed by atoms with Crippen LogP contribution in [0.15, 0.2) is 30.5 Å². The average Bonchev–Trinajstić information content (AvgIpc) is 2.77. The van der Waals surface area contributed by atoms with Crippen molar-refractivity contribution in [3.8, 4) is 11.8 Å². The lowest BCUT2D eigenvalue weighted by atomic mass is 9.48. The van der Waals surface area contributed by atoms with Gasteiger partial charge in [0.05, 0.1) is 6.20 Å². The first-order valence-electron chi connectivity index (χ1n) is 11.3. The zero-order valence-corrected chi connectivity index (χ0v) is 17.7. The molecule has 1 heterocycles. The van der Waals surface area contributed by atoms with E-state index in [1.54, 1.807) is 18.3 Å². The first-order chi connectivity index (χ1) is 15.0. The molecule has 0 radical (unpaired) electrons. The first kappa shape index (κ1) is 20.1. The Kier molecular flexibility index (Phi) is 5.19. The third kappa shape index (κ3) is 4.05. The molecular formula is C24H30N6O. The van der Waals surface area contributed by atoms with Gasteiger partial charge in [0.15, 0.2) is 0 Å². The highest BCUT2D eigenvalue weighted by Crippen LogP contribution is 2.59. The third-order valence-corrected chi connectivity index (χ3v) is 7.65. The minimum absolute atomic E-state index is 0.267. The number of nitrogens with zero attached hydrogens (tertiary/aromatic N) is 3. The Balaban J connectivity index is 1.23. The van der Waals surface area contributed by atoms with E-state index in [0.29, 0.717) is 41.8 Å². The summed E-state index contributed by atoms with van der Waals surface area (Å²) in [7, 11) is 0. The second kappa shape index (κ2) is 8.01. The number of hydrogen-bond acceptors (Lipinski definition) is 7. The highest BCUT2D eigenvalue weighted by atomic mass is 16.3. The van der Waals surface area contributed by atoms with Crippen molar-refractivity contribution in [2.24, 2.45) is 28.9 Å². The molecule has 4 saturated carbocycles. The van der Waals surface area contributed by atoms with Crippen LogP contribution < -0.4 is 16.4 Å². The molecule has 3 unspecified atom stereocenters. The summed E-state index contributed by atoms with van der Waals surface area (Å²) in [5.74, 6) is 3.54. The zero-order chi connectivity index (χ0) is 21.4. The molecular weight excluding hydrogens is 388 g/mol. The van der Waals surface area contributed by atoms with Crippen molar-refractivity contribution in [2.45, 2.75) is 44.6 Å². The largest absolute Gasteiger partial charge is 0.508 e. The van der Waals surface area contributed by atoms with Crippen LogP contribution in [0.2, 0.25) is 0 Å². The van der Waals surface area contributed by atoms with Crippen LogP contribution in [0.1, 0.15) is 43.2 Å². The van der Waals surface area contributed by atoms with Crippen molar-refractivity contribution < 1.29 is 5.11 Å². The average molecular weight is 419 g/mol. The van der Waals surface area contributed by atoms with Crippen molar-refractivity contribution >= 4 is 11.8 Å². The Labute approximate surface area is 183 Å². The van der Waals surface area contributed by atoms with Gasteiger partial charge in [0.1, 0.15) is 23.2 Å². The smallest absolute Gasteiger partial charge is 0.224 e. The predicted molar refractivity (Wildman–Crippen MR) is 120 cm³/mol. The van der Waals surface area contributed by atoms with Gasteiger partial charge in [0.2, 0.25) is 5.95 Å². The molecule has 5 N–H and O–H groups in total. The number of benzene rings is 1. The third-order valence-electron chi connectivity index (χ3n) is 7.65. The standard InChI is InChI=1S/C24H30N6O/c25-12-19-13-28-23(27-6-5-15-1-3-20(31)4-2-15)30-22(19)29-14-24-9-16-7-17(10-24)21(26)18(8-16)11-24/h1-4,13,16-18,21,31H,5-11,14,26H2,(H2,27,28,29,30)/t16?,17-,18+,21?,24?. The molecule has 0 aliphatic heterocycles. The number of hydrogen-bond donors (Lipinski definition) is 4. The van der Waals surface area contributed by atoms with Gasteiger partial charge < -0.3 is 21.5 Å². The highest BCUT2D eigenvalue weighted by molar-refractivity contribution is 5.53. The van der Waals surface area contributed by atoms with E-state index in [-0.39, 0.29) is 11.2 Å². The number of anilines is 2. The Morgan fingerprint density at radius 3 is 2.58 bits per heavy atom. The molecule has 0 amide bonds. The van der Waals surface area contributed by atoms with Crippen molar-refractivity contribution in [2.75, 3.05) is 23.7 Å². The van der Waals surface area contributed by atoms with E-state index in [1.807, 2.05) is 12.1 Å². The summed E-state index contributed by atoms with van der Waals surface area (Å²) in [6.45, 7) is 1.52. The number of aromatic hydroxyl groups is 1. The summed E-state index contributed by atoms with van der Waals surface area (Å²) in [5, 5.41) is 25.7. The maximum absolute atomic E-state index is 9.52. The van der Waals surface area contributed by atoms with E-state index in [2.05, 4.69) is 26.7 Å². The molecule has 162 valence electrons. The second-order valence-corrected chi connectivity index (χ2v) is 9.81. The second-order valence-electron chi connectivity index (χ2n) is 9.81. The van der Waals surface area contributed by atoms with Crippen LogP contribution in [0.25, 0.3) is 0 Å². The lowest BCUT2D eigenvalue weighted by molar-refractivity contribution is -0.0591. The van der Waals surface area contributed by atoms with Crippen LogP contribution in [-0.4, -0.2) is 34.2 Å². The van der Waals surface area contributed by atoms with Gasteiger partial charge in [-0.1, -0.05) is 12.1 Å². The Morgan fingerprint density at radius 1 is 1.13 bits per heavy atom. The molecule has 2 aromatic rings. The summed E-state index contributed by atoms with van der Waals surface area (Å²) >= 11 is 0. The Morgan fingerprint density at radius 2 is 1.87 bits per heavy atom. The van der Waals surface area contributed by atoms with Crippen LogP contribution in [0.3, 0.4) is 0 Å². The fourth-order valence-corrected chi connectivity index (χ4v) is 6.38. The molecule has 4 aliphatic carbocycles. The molecule has 31 heavy (non-hydrogen) atoms. The Bertz CT molecular complexity index is 969. The van der Waals surface area contributed by atoms with E-state index in [0.717, 1.165) is 24.4 Å². The summed E-state index contributed by atoms with van der Waals surface area (Å²) < 4.78 is 0. The van der Waals surface area contributed by atoms with Gasteiger partial charge >= 0.3 is 0 Å². The SMILES string of the molecule is N#Cc1cnc(NCCc2ccc(O)cc2)nc1NCC12CC3C[C@H](C1)C(N)[C@@H](C3)C2. The van der Waals surface area contributed by atoms with Crippen LogP contribution in [0.4, 0.5) is 11.8 Å². The zero-order valence-electron chi connectivity index (χ0n) is 17.7. The number of phenolic OH excluding ortho intramolecular Hbond substituents is 1. The van der Waals surface area contributed by atoms with Crippen LogP contribution in [-0.2, 0) is 6.42 Å². The topological polar surface area (TPSA) is 120 Å². The van der Waals surface area contributed by atoms with Gasteiger partial charge in [0.25, 0.3) is 0 Å². The molecule has 7 nitrogen and oxygen atoms in total. The number of nitrogens with two attached hydrogens (primary N) is 1. The van der Waals surface area contributed by atoms with Crippen LogP contribution >= 0.6 is 0 Å². The van der Waals surface area contributed by atoms with Gasteiger partial charge in [-0.3, -0.25) is 0 Å². The fraction of sp³-hybridized carbons (Fsp3) is 0.542. The highest BCUT2D eigenvalue weighted by Gasteiger charge is 2.54. The molecule has 4 bridgehead atoms. The molecule has 5 atom stereocenters. The normalized spacial score (nSPS) is 30.7. The molecule has 1 aromatic carbocycles. The van der Waals surface area contributed by atoms with Gasteiger partial charge in [-0.15, -0.1) is 0 Å². The number of aromatic nitrogens is 2. The molecule has 7 heteroatoms. The molecule has 0 spiro atoms. The summed E-state index contributed by atoms with van der Waals surface area (Å²) in [5.41, 5.74) is 8.38. The molecule has 4 fully saturated rings. The minimum atomic E-state index is 0.267. The van der Waals surface area contributed by atoms with E-state index >= 15 is 0 Å². The molecule has 1 aromatic heterocycles. The number of nitrogens with one attached hydrogen (secondary N) is 2. The lowest BCUT2D eigenvalue weighted by Crippen LogP contribution is -2.58. The van der Waals surface area contributed by atoms with E-state index in [9.17, 15) is 10.4 Å². The quantitative estimate of drug-likeness (QED) is 0.545. The summed E-state index contributed by atoms with van der Waals surface area (Å²) in [4.78, 5) is 8.90. The van der Waals surface area contributed by atoms with Crippen molar-refractivity contribution in [1.82, 2.24) is 9.97 Å². The van der Waals surface area contributed by atoms with Crippen LogP contribution in [0.5, 0.6) is 5.75 Å². The maximum atomic E-state index is 9.52. The molecule has 6 rings (SSSR count). The predicted octanol–water partition coefficient (Wildman–Crippen LogP) is 3.27. The number of phenols is 1. The fourth-order valence-electron chi connectivity index (χ4n) is 6.38. The molecule has 4 aliphatic rings. The van der Waals surface area contributed by atoms with Gasteiger partial charge in [-0.2, -0.15) is 10.2 Å². The van der Waals surface area contributed by atoms with Crippen molar-refractivity contribution in [1.29, 1.82) is 5.26 Å². The monoisotopic (exact) mass is 418 g/mol. The minimum Gasteiger partial charge on any atom is -0.508 e. The van der Waals surface area contributed by atoms with Crippen LogP contribution in [0, 0.1) is 34.5 Å². The summed E-state index contributed by atoms with van der Waals surface area (Å²) in [6.07, 6.45) is 8.63. The number of rotatable bonds is 7. The van der Waals surface area contributed by atoms with Crippen molar-refractivity contribution in [3.05, 3.63) is 41.6 Å². The van der Waals surface area contributed by atoms with Gasteiger partial charge in [0, 0.05) is 19.1 Å². The van der Waals surface area contributed by atoms with Gasteiger partial charge in [-0.05, 0) is 79.4 Å². The Hall–Kier alpha value is -2.85. The lowest BCUT2D eigenvalue weighted by Gasteiger charge is -2.59. The summed E-state index contributed by atoms with van der Waals surface area (Å²) in [6, 6.07) is 9.78. The van der Waals surface area contributed by atoms with Crippen molar-refractivity contribution in [3.63, 3.8) is 0 Å². The molecule has 0 saturated heterocycles. The first-order valence-corrected chi connectivity index (χ1v) is 11.3. The van der Waals surface area contributed by atoms with Gasteiger partial charge in [-0.25, -0.2) is 4.98 Å².